The summed E-state index contributed by atoms with van der Waals surface area (Å²) < 4.78 is 0. The van der Waals surface area contributed by atoms with Crippen LogP contribution in [0.1, 0.15) is 35.3 Å². The summed E-state index contributed by atoms with van der Waals surface area (Å²) in [5.74, 6) is -1.52. The van der Waals surface area contributed by atoms with Crippen molar-refractivity contribution in [3.63, 3.8) is 0 Å². The molecule has 3 rings (SSSR count). The van der Waals surface area contributed by atoms with Gasteiger partial charge in [-0.3, -0.25) is 29.6 Å². The van der Waals surface area contributed by atoms with Crippen molar-refractivity contribution in [2.45, 2.75) is 25.1 Å². The number of aliphatic hydroxyl groups excluding tert-OH is 1. The molecule has 8 heteroatoms. The number of aliphatic hydroxyl groups is 1. The molecule has 0 aliphatic carbocycles. The molecule has 2 aliphatic heterocycles. The standard InChI is InChI=1S/C11H10N4O4/c16-6-2-1-5(9(17)14-6)15-10(18)7-8(11(15)19)13-4-3-12-7/h3-5,10,18H,1-2H2,(H,14,16,17). The highest BCUT2D eigenvalue weighted by molar-refractivity contribution is 6.04. The van der Waals surface area contributed by atoms with E-state index in [-0.39, 0.29) is 30.1 Å². The van der Waals surface area contributed by atoms with Gasteiger partial charge in [0.25, 0.3) is 5.91 Å². The third-order valence-electron chi connectivity index (χ3n) is 3.22. The number of aromatic nitrogens is 2. The highest BCUT2D eigenvalue weighted by Gasteiger charge is 2.45. The number of nitrogens with one attached hydrogen (secondary N) is 1. The van der Waals surface area contributed by atoms with Crippen LogP contribution < -0.4 is 5.32 Å². The van der Waals surface area contributed by atoms with Crippen molar-refractivity contribution in [3.05, 3.63) is 23.8 Å². The molecule has 98 valence electrons. The lowest BCUT2D eigenvalue weighted by atomic mass is 10.0. The summed E-state index contributed by atoms with van der Waals surface area (Å²) in [6.07, 6.45) is 1.71. The molecule has 1 aromatic heterocycles. The monoisotopic (exact) mass is 262 g/mol. The van der Waals surface area contributed by atoms with Crippen LogP contribution in [-0.4, -0.2) is 43.7 Å². The molecule has 2 N–H and O–H groups in total. The van der Waals surface area contributed by atoms with Crippen molar-refractivity contribution in [3.8, 4) is 0 Å². The van der Waals surface area contributed by atoms with Gasteiger partial charge in [0.1, 0.15) is 11.7 Å². The number of fused-ring (bicyclic) bond motifs is 1. The maximum atomic E-state index is 12.1. The van der Waals surface area contributed by atoms with Crippen LogP contribution in [0.2, 0.25) is 0 Å². The van der Waals surface area contributed by atoms with Crippen LogP contribution in [0, 0.1) is 0 Å². The molecule has 0 aromatic carbocycles. The number of hydrogen-bond acceptors (Lipinski definition) is 6. The zero-order valence-corrected chi connectivity index (χ0v) is 9.74. The Morgan fingerprint density at radius 2 is 2.00 bits per heavy atom. The third kappa shape index (κ3) is 1.68. The van der Waals surface area contributed by atoms with Crippen LogP contribution in [0.5, 0.6) is 0 Å². The average Bonchev–Trinajstić information content (AvgIpc) is 2.64. The minimum absolute atomic E-state index is 0.0414. The zero-order valence-electron chi connectivity index (χ0n) is 9.74. The Bertz CT molecular complexity index is 588. The molecule has 0 radical (unpaired) electrons. The van der Waals surface area contributed by atoms with Crippen molar-refractivity contribution in [1.29, 1.82) is 0 Å². The molecular weight excluding hydrogens is 252 g/mol. The Hall–Kier alpha value is -2.35. The Morgan fingerprint density at radius 1 is 1.26 bits per heavy atom. The predicted molar refractivity (Wildman–Crippen MR) is 59.3 cm³/mol. The van der Waals surface area contributed by atoms with Crippen LogP contribution in [0.3, 0.4) is 0 Å². The highest BCUT2D eigenvalue weighted by Crippen LogP contribution is 2.32. The summed E-state index contributed by atoms with van der Waals surface area (Å²) >= 11 is 0. The van der Waals surface area contributed by atoms with Crippen molar-refractivity contribution in [2.75, 3.05) is 0 Å². The van der Waals surface area contributed by atoms with Gasteiger partial charge in [0.05, 0.1) is 0 Å². The second kappa shape index (κ2) is 4.09. The summed E-state index contributed by atoms with van der Waals surface area (Å²) in [4.78, 5) is 43.8. The SMILES string of the molecule is O=C1CCC(N2C(=O)c3nccnc3C2O)C(=O)N1. The smallest absolute Gasteiger partial charge is 0.277 e. The molecule has 8 nitrogen and oxygen atoms in total. The number of hydrogen-bond donors (Lipinski definition) is 2. The molecule has 3 amide bonds. The number of rotatable bonds is 1. The first-order chi connectivity index (χ1) is 9.09. The lowest BCUT2D eigenvalue weighted by molar-refractivity contribution is -0.139. The second-order valence-corrected chi connectivity index (χ2v) is 4.34. The van der Waals surface area contributed by atoms with Gasteiger partial charge in [-0.1, -0.05) is 0 Å². The average molecular weight is 262 g/mol. The molecule has 0 spiro atoms. The van der Waals surface area contributed by atoms with Crippen molar-refractivity contribution in [2.24, 2.45) is 0 Å². The van der Waals surface area contributed by atoms with E-state index in [4.69, 9.17) is 0 Å². The molecule has 0 saturated carbocycles. The van der Waals surface area contributed by atoms with Crippen LogP contribution in [0.4, 0.5) is 0 Å². The number of carbonyl (C=O) groups is 3. The molecule has 1 fully saturated rings. The molecule has 19 heavy (non-hydrogen) atoms. The first-order valence-corrected chi connectivity index (χ1v) is 5.75. The van der Waals surface area contributed by atoms with Crippen LogP contribution >= 0.6 is 0 Å². The summed E-state index contributed by atoms with van der Waals surface area (Å²) in [7, 11) is 0. The molecule has 2 unspecified atom stereocenters. The van der Waals surface area contributed by atoms with Gasteiger partial charge < -0.3 is 5.11 Å². The van der Waals surface area contributed by atoms with E-state index in [0.29, 0.717) is 0 Å². The van der Waals surface area contributed by atoms with Gasteiger partial charge in [-0.15, -0.1) is 0 Å². The minimum atomic E-state index is -1.31. The molecule has 2 atom stereocenters. The van der Waals surface area contributed by atoms with Gasteiger partial charge in [0.2, 0.25) is 11.8 Å². The van der Waals surface area contributed by atoms with E-state index in [2.05, 4.69) is 15.3 Å². The number of carbonyl (C=O) groups excluding carboxylic acids is 3. The van der Waals surface area contributed by atoms with Crippen LogP contribution in [0.25, 0.3) is 0 Å². The van der Waals surface area contributed by atoms with Gasteiger partial charge in [0, 0.05) is 18.8 Å². The number of nitrogens with zero attached hydrogens (tertiary/aromatic N) is 3. The van der Waals surface area contributed by atoms with E-state index in [1.807, 2.05) is 0 Å². The van der Waals surface area contributed by atoms with E-state index >= 15 is 0 Å². The summed E-state index contributed by atoms with van der Waals surface area (Å²) in [6, 6.07) is -0.879. The Kier molecular flexibility index (Phi) is 2.53. The van der Waals surface area contributed by atoms with E-state index < -0.39 is 24.1 Å². The molecule has 1 saturated heterocycles. The fourth-order valence-corrected chi connectivity index (χ4v) is 2.33. The molecule has 2 aliphatic rings. The lowest BCUT2D eigenvalue weighted by Gasteiger charge is -2.31. The second-order valence-electron chi connectivity index (χ2n) is 4.34. The summed E-state index contributed by atoms with van der Waals surface area (Å²) in [6.45, 7) is 0. The number of piperidine rings is 1. The zero-order chi connectivity index (χ0) is 13.6. The molecule has 3 heterocycles. The normalized spacial score (nSPS) is 26.4. The highest BCUT2D eigenvalue weighted by atomic mass is 16.3. The van der Waals surface area contributed by atoms with Gasteiger partial charge >= 0.3 is 0 Å². The predicted octanol–water partition coefficient (Wildman–Crippen LogP) is -1.27. The van der Waals surface area contributed by atoms with Crippen molar-refractivity contribution < 1.29 is 19.5 Å². The van der Waals surface area contributed by atoms with E-state index in [9.17, 15) is 19.5 Å². The van der Waals surface area contributed by atoms with Gasteiger partial charge in [-0.2, -0.15) is 0 Å². The Labute approximate surface area is 107 Å². The van der Waals surface area contributed by atoms with E-state index in [0.717, 1.165) is 4.90 Å². The van der Waals surface area contributed by atoms with E-state index in [1.165, 1.54) is 12.4 Å². The number of imide groups is 1. The fraction of sp³-hybridized carbons (Fsp3) is 0.364. The topological polar surface area (TPSA) is 112 Å². The molecule has 0 bridgehead atoms. The third-order valence-corrected chi connectivity index (χ3v) is 3.22. The maximum absolute atomic E-state index is 12.1. The first-order valence-electron chi connectivity index (χ1n) is 5.75. The minimum Gasteiger partial charge on any atom is -0.368 e. The molecule has 1 aromatic rings. The summed E-state index contributed by atoms with van der Waals surface area (Å²) in [5, 5.41) is 12.2. The summed E-state index contributed by atoms with van der Waals surface area (Å²) in [5.41, 5.74) is 0.178. The Balaban J connectivity index is 1.94. The van der Waals surface area contributed by atoms with Crippen molar-refractivity contribution in [1.82, 2.24) is 20.2 Å². The van der Waals surface area contributed by atoms with E-state index in [1.54, 1.807) is 0 Å². The maximum Gasteiger partial charge on any atom is 0.277 e. The fourth-order valence-electron chi connectivity index (χ4n) is 2.33. The molecular formula is C11H10N4O4. The Morgan fingerprint density at radius 3 is 2.68 bits per heavy atom. The quantitative estimate of drug-likeness (QED) is 0.610. The van der Waals surface area contributed by atoms with Crippen LogP contribution in [-0.2, 0) is 9.59 Å². The van der Waals surface area contributed by atoms with Gasteiger partial charge in [0.15, 0.2) is 11.9 Å². The van der Waals surface area contributed by atoms with Gasteiger partial charge in [-0.05, 0) is 6.42 Å². The van der Waals surface area contributed by atoms with Crippen LogP contribution in [0.15, 0.2) is 12.4 Å². The first kappa shape index (κ1) is 11.7. The van der Waals surface area contributed by atoms with Crippen molar-refractivity contribution >= 4 is 17.7 Å². The number of amides is 3. The van der Waals surface area contributed by atoms with Gasteiger partial charge in [-0.25, -0.2) is 4.98 Å². The largest absolute Gasteiger partial charge is 0.368 e. The lowest BCUT2D eigenvalue weighted by Crippen LogP contribution is -2.53.